The summed E-state index contributed by atoms with van der Waals surface area (Å²) in [6.45, 7) is -0.181. The fourth-order valence-electron chi connectivity index (χ4n) is 0.163. The van der Waals surface area contributed by atoms with Crippen LogP contribution in [0.25, 0.3) is 10.4 Å². The van der Waals surface area contributed by atoms with E-state index in [9.17, 15) is 4.79 Å². The second-order valence-corrected chi connectivity index (χ2v) is 1.12. The van der Waals surface area contributed by atoms with Gasteiger partial charge in [0.2, 0.25) is 0 Å². The van der Waals surface area contributed by atoms with Gasteiger partial charge in [-0.25, -0.2) is 0 Å². The maximum absolute atomic E-state index is 9.58. The lowest BCUT2D eigenvalue weighted by Crippen LogP contribution is -2.10. The standard InChI is InChI=1S/C3H5N3O2/c4-6-5-1-3(8)2-7/h2-3,8H,1H2. The molecule has 5 heteroatoms. The smallest absolute Gasteiger partial charge is 0.148 e. The van der Waals surface area contributed by atoms with Crippen molar-refractivity contribution in [2.24, 2.45) is 5.11 Å². The Morgan fingerprint density at radius 1 is 2.00 bits per heavy atom. The van der Waals surface area contributed by atoms with E-state index in [2.05, 4.69) is 10.0 Å². The summed E-state index contributed by atoms with van der Waals surface area (Å²) in [6, 6.07) is 0. The quantitative estimate of drug-likeness (QED) is 0.240. The first-order chi connectivity index (χ1) is 3.81. The lowest BCUT2D eigenvalue weighted by Gasteiger charge is -1.90. The number of hydrogen-bond donors (Lipinski definition) is 1. The molecule has 0 amide bonds. The van der Waals surface area contributed by atoms with Crippen LogP contribution in [0.5, 0.6) is 0 Å². The van der Waals surface area contributed by atoms with Gasteiger partial charge in [0.15, 0.2) is 0 Å². The second-order valence-electron chi connectivity index (χ2n) is 1.12. The van der Waals surface area contributed by atoms with Crippen LogP contribution in [-0.4, -0.2) is 24.0 Å². The lowest BCUT2D eigenvalue weighted by molar-refractivity contribution is -0.114. The second kappa shape index (κ2) is 4.11. The molecule has 0 aromatic heterocycles. The van der Waals surface area contributed by atoms with Gasteiger partial charge in [-0.15, -0.1) is 0 Å². The normalized spacial score (nSPS) is 11.6. The molecule has 0 rings (SSSR count). The molecule has 0 aliphatic rings. The van der Waals surface area contributed by atoms with Crippen molar-refractivity contribution in [3.8, 4) is 0 Å². The fraction of sp³-hybridized carbons (Fsp3) is 0.667. The van der Waals surface area contributed by atoms with E-state index in [1.54, 1.807) is 0 Å². The molecule has 5 nitrogen and oxygen atoms in total. The number of aldehydes is 1. The van der Waals surface area contributed by atoms with E-state index >= 15 is 0 Å². The Balaban J connectivity index is 3.38. The maximum atomic E-state index is 9.58. The van der Waals surface area contributed by atoms with Crippen molar-refractivity contribution >= 4 is 6.29 Å². The molecular formula is C3H5N3O2. The van der Waals surface area contributed by atoms with Gasteiger partial charge < -0.3 is 9.90 Å². The van der Waals surface area contributed by atoms with Crippen LogP contribution in [0.2, 0.25) is 0 Å². The number of azide groups is 1. The molecule has 1 atom stereocenters. The fourth-order valence-corrected chi connectivity index (χ4v) is 0.163. The monoisotopic (exact) mass is 115 g/mol. The van der Waals surface area contributed by atoms with E-state index < -0.39 is 6.10 Å². The molecular weight excluding hydrogens is 110 g/mol. The summed E-state index contributed by atoms with van der Waals surface area (Å²) in [6.07, 6.45) is -0.833. The van der Waals surface area contributed by atoms with Crippen molar-refractivity contribution in [2.75, 3.05) is 6.54 Å². The van der Waals surface area contributed by atoms with Crippen molar-refractivity contribution in [1.82, 2.24) is 0 Å². The molecule has 1 N–H and O–H groups in total. The molecule has 8 heavy (non-hydrogen) atoms. The van der Waals surface area contributed by atoms with E-state index in [1.807, 2.05) is 0 Å². The molecule has 0 fully saturated rings. The number of nitrogens with zero attached hydrogens (tertiary/aromatic N) is 3. The molecule has 0 aromatic carbocycles. The Morgan fingerprint density at radius 3 is 3.00 bits per heavy atom. The van der Waals surface area contributed by atoms with E-state index in [0.29, 0.717) is 6.29 Å². The minimum atomic E-state index is -1.15. The summed E-state index contributed by atoms with van der Waals surface area (Å²) in [4.78, 5) is 11.9. The molecule has 44 valence electrons. The van der Waals surface area contributed by atoms with Gasteiger partial charge in [-0.1, -0.05) is 5.11 Å². The highest BCUT2D eigenvalue weighted by Crippen LogP contribution is 1.77. The molecule has 0 saturated carbocycles. The summed E-state index contributed by atoms with van der Waals surface area (Å²) in [5.41, 5.74) is 7.64. The SMILES string of the molecule is [N-]=[N+]=NCC(O)C=O. The third-order valence-corrected chi connectivity index (χ3v) is 0.489. The molecule has 0 bridgehead atoms. The minimum absolute atomic E-state index is 0.181. The molecule has 0 spiro atoms. The summed E-state index contributed by atoms with van der Waals surface area (Å²) < 4.78 is 0. The number of rotatable bonds is 3. The first kappa shape index (κ1) is 6.94. The topological polar surface area (TPSA) is 86.1 Å². The summed E-state index contributed by atoms with van der Waals surface area (Å²) in [5, 5.41) is 11.3. The van der Waals surface area contributed by atoms with Gasteiger partial charge in [-0.3, -0.25) is 0 Å². The summed E-state index contributed by atoms with van der Waals surface area (Å²) in [7, 11) is 0. The minimum Gasteiger partial charge on any atom is -0.386 e. The van der Waals surface area contributed by atoms with E-state index in [1.165, 1.54) is 0 Å². The predicted molar refractivity (Wildman–Crippen MR) is 26.1 cm³/mol. The Hall–Kier alpha value is -1.06. The predicted octanol–water partition coefficient (Wildman–Crippen LogP) is -0.144. The lowest BCUT2D eigenvalue weighted by atomic mass is 10.4. The first-order valence-corrected chi connectivity index (χ1v) is 1.95. The number of carbonyl (C=O) groups excluding carboxylic acids is 1. The van der Waals surface area contributed by atoms with Crippen molar-refractivity contribution in [3.63, 3.8) is 0 Å². The van der Waals surface area contributed by atoms with Crippen molar-refractivity contribution in [1.29, 1.82) is 0 Å². The van der Waals surface area contributed by atoms with Crippen LogP contribution in [0.1, 0.15) is 0 Å². The molecule has 0 aliphatic heterocycles. The van der Waals surface area contributed by atoms with Crippen LogP contribution in [0.3, 0.4) is 0 Å². The summed E-state index contributed by atoms with van der Waals surface area (Å²) in [5.74, 6) is 0. The molecule has 0 heterocycles. The van der Waals surface area contributed by atoms with Gasteiger partial charge in [-0.05, 0) is 5.53 Å². The van der Waals surface area contributed by atoms with Gasteiger partial charge in [0, 0.05) is 4.91 Å². The Labute approximate surface area is 45.6 Å². The van der Waals surface area contributed by atoms with Crippen LogP contribution < -0.4 is 0 Å². The highest BCUT2D eigenvalue weighted by Gasteiger charge is 1.95. The van der Waals surface area contributed by atoms with Crippen molar-refractivity contribution in [2.45, 2.75) is 6.10 Å². The van der Waals surface area contributed by atoms with Gasteiger partial charge >= 0.3 is 0 Å². The number of aliphatic hydroxyl groups excluding tert-OH is 1. The van der Waals surface area contributed by atoms with Crippen LogP contribution in [0, 0.1) is 0 Å². The molecule has 0 saturated heterocycles. The largest absolute Gasteiger partial charge is 0.386 e. The van der Waals surface area contributed by atoms with E-state index in [4.69, 9.17) is 10.6 Å². The number of hydrogen-bond acceptors (Lipinski definition) is 3. The highest BCUT2D eigenvalue weighted by molar-refractivity contribution is 5.55. The van der Waals surface area contributed by atoms with E-state index in [-0.39, 0.29) is 6.54 Å². The van der Waals surface area contributed by atoms with Gasteiger partial charge in [-0.2, -0.15) is 0 Å². The zero-order valence-electron chi connectivity index (χ0n) is 4.06. The first-order valence-electron chi connectivity index (χ1n) is 1.95. The van der Waals surface area contributed by atoms with Gasteiger partial charge in [0.25, 0.3) is 0 Å². The average molecular weight is 115 g/mol. The Bertz CT molecular complexity index is 118. The average Bonchev–Trinajstić information content (AvgIpc) is 1.83. The van der Waals surface area contributed by atoms with E-state index in [0.717, 1.165) is 0 Å². The molecule has 0 radical (unpaired) electrons. The number of aliphatic hydroxyl groups is 1. The van der Waals surface area contributed by atoms with Crippen molar-refractivity contribution < 1.29 is 9.90 Å². The third-order valence-electron chi connectivity index (χ3n) is 0.489. The summed E-state index contributed by atoms with van der Waals surface area (Å²) >= 11 is 0. The Morgan fingerprint density at radius 2 is 2.62 bits per heavy atom. The Kier molecular flexibility index (Phi) is 3.56. The van der Waals surface area contributed by atoms with Crippen LogP contribution in [0.15, 0.2) is 5.11 Å². The molecule has 0 aliphatic carbocycles. The van der Waals surface area contributed by atoms with Crippen LogP contribution in [-0.2, 0) is 4.79 Å². The van der Waals surface area contributed by atoms with Gasteiger partial charge in [0.05, 0.1) is 6.54 Å². The van der Waals surface area contributed by atoms with Crippen LogP contribution >= 0.6 is 0 Å². The highest BCUT2D eigenvalue weighted by atomic mass is 16.3. The zero-order valence-corrected chi connectivity index (χ0v) is 4.06. The molecule has 0 aromatic rings. The third kappa shape index (κ3) is 3.14. The maximum Gasteiger partial charge on any atom is 0.148 e. The molecule has 1 unspecified atom stereocenters. The van der Waals surface area contributed by atoms with Crippen LogP contribution in [0.4, 0.5) is 0 Å². The zero-order chi connectivity index (χ0) is 6.41. The number of carbonyl (C=O) groups is 1. The van der Waals surface area contributed by atoms with Gasteiger partial charge in [0.1, 0.15) is 12.4 Å². The van der Waals surface area contributed by atoms with Crippen molar-refractivity contribution in [3.05, 3.63) is 10.4 Å².